The smallest absolute Gasteiger partial charge is 0.424 e. The number of benzene rings is 2. The van der Waals surface area contributed by atoms with Gasteiger partial charge in [0.05, 0.1) is 42.4 Å². The van der Waals surface area contributed by atoms with Gasteiger partial charge in [0.2, 0.25) is 5.60 Å². The van der Waals surface area contributed by atoms with Gasteiger partial charge in [0.25, 0.3) is 5.91 Å². The largest absolute Gasteiger partial charge is 0.493 e. The van der Waals surface area contributed by atoms with E-state index in [2.05, 4.69) is 15.6 Å². The van der Waals surface area contributed by atoms with Gasteiger partial charge in [0.15, 0.2) is 11.5 Å². The molecule has 1 amide bonds. The first-order valence-corrected chi connectivity index (χ1v) is 12.6. The van der Waals surface area contributed by atoms with Crippen LogP contribution in [0.2, 0.25) is 0 Å². The molecule has 1 aliphatic carbocycles. The fourth-order valence-corrected chi connectivity index (χ4v) is 4.49. The molecule has 12 heteroatoms. The number of nitrogens with two attached hydrogens (primary N) is 1. The fraction of sp³-hybridized carbons (Fsp3) is 0.357. The Bertz CT molecular complexity index is 1440. The molecule has 0 bridgehead atoms. The normalized spacial score (nSPS) is 19.8. The van der Waals surface area contributed by atoms with Gasteiger partial charge in [0, 0.05) is 23.2 Å². The van der Waals surface area contributed by atoms with E-state index in [1.807, 2.05) is 0 Å². The van der Waals surface area contributed by atoms with Crippen molar-refractivity contribution in [3.63, 3.8) is 0 Å². The molecule has 2 atom stereocenters. The number of amides is 1. The first-order valence-electron chi connectivity index (χ1n) is 12.6. The van der Waals surface area contributed by atoms with Gasteiger partial charge in [-0.3, -0.25) is 4.79 Å². The van der Waals surface area contributed by atoms with Gasteiger partial charge < -0.3 is 30.9 Å². The summed E-state index contributed by atoms with van der Waals surface area (Å²) >= 11 is 0. The highest BCUT2D eigenvalue weighted by molar-refractivity contribution is 5.95. The highest BCUT2D eigenvalue weighted by Gasteiger charge is 2.57. The lowest BCUT2D eigenvalue weighted by Crippen LogP contribution is -2.51. The van der Waals surface area contributed by atoms with Gasteiger partial charge in [-0.1, -0.05) is 0 Å². The van der Waals surface area contributed by atoms with Crippen LogP contribution in [0.1, 0.15) is 41.4 Å². The number of hydrogen-bond acceptors (Lipinski definition) is 7. The molecule has 1 fully saturated rings. The van der Waals surface area contributed by atoms with E-state index in [4.69, 9.17) is 15.2 Å². The maximum Gasteiger partial charge on any atom is 0.424 e. The number of hydrogen-bond donors (Lipinski definition) is 4. The second-order valence-corrected chi connectivity index (χ2v) is 10.3. The molecule has 2 aliphatic rings. The van der Waals surface area contributed by atoms with Crippen molar-refractivity contribution in [2.75, 3.05) is 25.5 Å². The predicted octanol–water partition coefficient (Wildman–Crippen LogP) is 4.22. The van der Waals surface area contributed by atoms with Crippen LogP contribution >= 0.6 is 0 Å². The predicted molar refractivity (Wildman–Crippen MR) is 139 cm³/mol. The lowest BCUT2D eigenvalue weighted by atomic mass is 9.89. The number of carbonyl (C=O) groups is 1. The summed E-state index contributed by atoms with van der Waals surface area (Å²) in [6.07, 6.45) is -3.36. The summed E-state index contributed by atoms with van der Waals surface area (Å²) in [4.78, 5) is 17.1. The number of pyridine rings is 1. The van der Waals surface area contributed by atoms with Gasteiger partial charge in [-0.15, -0.1) is 0 Å². The molecular formula is C28H28F4N4O4. The van der Waals surface area contributed by atoms with Crippen molar-refractivity contribution < 1.29 is 36.9 Å². The maximum atomic E-state index is 14.5. The molecule has 40 heavy (non-hydrogen) atoms. The third kappa shape index (κ3) is 5.16. The van der Waals surface area contributed by atoms with Crippen molar-refractivity contribution >= 4 is 11.6 Å². The molecule has 5 N–H and O–H groups in total. The molecule has 5 rings (SSSR count). The minimum absolute atomic E-state index is 0.0113. The number of nitrogens with one attached hydrogen (secondary N) is 2. The van der Waals surface area contributed by atoms with E-state index in [1.54, 1.807) is 6.92 Å². The molecule has 2 aromatic carbocycles. The summed E-state index contributed by atoms with van der Waals surface area (Å²) in [5, 5.41) is 16.4. The van der Waals surface area contributed by atoms with Crippen LogP contribution in [0, 0.1) is 5.82 Å². The van der Waals surface area contributed by atoms with E-state index in [0.29, 0.717) is 22.6 Å². The second kappa shape index (κ2) is 9.93. The molecule has 1 unspecified atom stereocenters. The standard InChI is InChI=1S/C28H28F4N4O4/c1-26(33)13-34-24-19(26)12-22(36-23(24)15-3-6-17(29)7-4-15)27(38,28(30,31)32)14-35-25(37)16-5-10-20(21(11-16)39-2)40-18-8-9-18/h3-7,10-12,18,34,38H,8-9,13-14,33H2,1-2H3,(H,35,37)/t26-,27?/m1/s1. The van der Waals surface area contributed by atoms with Crippen molar-refractivity contribution in [3.8, 4) is 22.8 Å². The van der Waals surface area contributed by atoms with E-state index in [1.165, 1.54) is 37.4 Å². The summed E-state index contributed by atoms with van der Waals surface area (Å²) in [5.74, 6) is -0.734. The molecule has 0 radical (unpaired) electrons. The van der Waals surface area contributed by atoms with Crippen molar-refractivity contribution in [2.45, 2.75) is 43.2 Å². The zero-order valence-electron chi connectivity index (χ0n) is 21.7. The molecule has 0 saturated heterocycles. The van der Waals surface area contributed by atoms with Gasteiger partial charge in [-0.2, -0.15) is 13.2 Å². The summed E-state index contributed by atoms with van der Waals surface area (Å²) in [7, 11) is 1.39. The Morgan fingerprint density at radius 2 is 1.88 bits per heavy atom. The van der Waals surface area contributed by atoms with Crippen LogP contribution in [-0.4, -0.2) is 48.5 Å². The van der Waals surface area contributed by atoms with E-state index >= 15 is 0 Å². The van der Waals surface area contributed by atoms with Gasteiger partial charge in [-0.05, 0) is 68.3 Å². The van der Waals surface area contributed by atoms with Crippen LogP contribution < -0.4 is 25.8 Å². The Balaban J connectivity index is 1.49. The van der Waals surface area contributed by atoms with Crippen molar-refractivity contribution in [2.24, 2.45) is 5.73 Å². The lowest BCUT2D eigenvalue weighted by molar-refractivity contribution is -0.265. The van der Waals surface area contributed by atoms with Crippen LogP contribution in [0.3, 0.4) is 0 Å². The quantitative estimate of drug-likeness (QED) is 0.305. The lowest BCUT2D eigenvalue weighted by Gasteiger charge is -2.31. The van der Waals surface area contributed by atoms with E-state index in [-0.39, 0.29) is 29.7 Å². The molecule has 1 aliphatic heterocycles. The number of ether oxygens (including phenoxy) is 2. The average molecular weight is 561 g/mol. The summed E-state index contributed by atoms with van der Waals surface area (Å²) < 4.78 is 68.1. The molecule has 1 saturated carbocycles. The Morgan fingerprint density at radius 3 is 2.50 bits per heavy atom. The topological polar surface area (TPSA) is 119 Å². The van der Waals surface area contributed by atoms with Crippen LogP contribution in [-0.2, 0) is 11.1 Å². The number of alkyl halides is 3. The van der Waals surface area contributed by atoms with E-state index < -0.39 is 41.3 Å². The van der Waals surface area contributed by atoms with Gasteiger partial charge >= 0.3 is 6.18 Å². The van der Waals surface area contributed by atoms with Crippen LogP contribution in [0.25, 0.3) is 11.3 Å². The van der Waals surface area contributed by atoms with Crippen LogP contribution in [0.4, 0.5) is 23.2 Å². The van der Waals surface area contributed by atoms with Crippen molar-refractivity contribution in [1.82, 2.24) is 10.3 Å². The second-order valence-electron chi connectivity index (χ2n) is 10.3. The summed E-state index contributed by atoms with van der Waals surface area (Å²) in [6.45, 7) is 0.592. The molecule has 212 valence electrons. The zero-order valence-corrected chi connectivity index (χ0v) is 21.7. The van der Waals surface area contributed by atoms with Crippen LogP contribution in [0.15, 0.2) is 48.5 Å². The van der Waals surface area contributed by atoms with Crippen molar-refractivity contribution in [3.05, 3.63) is 71.2 Å². The van der Waals surface area contributed by atoms with E-state index in [9.17, 15) is 27.5 Å². The van der Waals surface area contributed by atoms with Crippen LogP contribution in [0.5, 0.6) is 11.5 Å². The number of anilines is 1. The zero-order chi connectivity index (χ0) is 28.9. The average Bonchev–Trinajstić information content (AvgIpc) is 3.68. The molecule has 0 spiro atoms. The maximum absolute atomic E-state index is 14.5. The number of aliphatic hydroxyl groups is 1. The van der Waals surface area contributed by atoms with Gasteiger partial charge in [-0.25, -0.2) is 9.37 Å². The fourth-order valence-electron chi connectivity index (χ4n) is 4.49. The Morgan fingerprint density at radius 1 is 1.18 bits per heavy atom. The highest BCUT2D eigenvalue weighted by atomic mass is 19.4. The number of methoxy groups -OCH3 is 1. The first kappa shape index (κ1) is 27.7. The SMILES string of the molecule is COc1cc(C(=O)NCC(O)(c2cc3c(c(-c4ccc(F)cc4)n2)NC[C@@]3(C)N)C(F)(F)F)ccc1OC1CC1. The number of nitrogens with zero attached hydrogens (tertiary/aromatic N) is 1. The number of halogens is 4. The summed E-state index contributed by atoms with van der Waals surface area (Å²) in [5.41, 5.74) is 1.99. The Labute approximate surface area is 227 Å². The number of rotatable bonds is 8. The summed E-state index contributed by atoms with van der Waals surface area (Å²) in [6, 6.07) is 10.4. The minimum atomic E-state index is -5.24. The highest BCUT2D eigenvalue weighted by Crippen LogP contribution is 2.45. The molecule has 1 aromatic heterocycles. The minimum Gasteiger partial charge on any atom is -0.493 e. The Kier molecular flexibility index (Phi) is 6.87. The monoisotopic (exact) mass is 560 g/mol. The molecular weight excluding hydrogens is 532 g/mol. The third-order valence-corrected chi connectivity index (χ3v) is 7.03. The number of carbonyl (C=O) groups excluding carboxylic acids is 1. The number of aromatic nitrogens is 1. The van der Waals surface area contributed by atoms with Gasteiger partial charge in [0.1, 0.15) is 5.82 Å². The molecule has 8 nitrogen and oxygen atoms in total. The third-order valence-electron chi connectivity index (χ3n) is 7.03. The molecule has 3 aromatic rings. The molecule has 2 heterocycles. The Hall–Kier alpha value is -3.90. The van der Waals surface area contributed by atoms with E-state index in [0.717, 1.165) is 31.0 Å². The van der Waals surface area contributed by atoms with Crippen molar-refractivity contribution in [1.29, 1.82) is 0 Å². The number of fused-ring (bicyclic) bond motifs is 1. The first-order chi connectivity index (χ1) is 18.8.